The number of rotatable bonds is 6. The van der Waals surface area contributed by atoms with Crippen molar-refractivity contribution in [3.63, 3.8) is 0 Å². The van der Waals surface area contributed by atoms with E-state index in [1.807, 2.05) is 37.3 Å². The van der Waals surface area contributed by atoms with Gasteiger partial charge in [0.05, 0.1) is 6.61 Å². The number of hydrogen-bond donors (Lipinski definition) is 1. The lowest BCUT2D eigenvalue weighted by atomic mass is 10.0. The molecule has 1 unspecified atom stereocenters. The number of carbonyl (C=O) groups is 1. The van der Waals surface area contributed by atoms with Crippen LogP contribution in [0.15, 0.2) is 30.3 Å². The Morgan fingerprint density at radius 2 is 2.00 bits per heavy atom. The highest BCUT2D eigenvalue weighted by Crippen LogP contribution is 2.15. The topological polar surface area (TPSA) is 46.5 Å². The first-order valence-electron chi connectivity index (χ1n) is 5.50. The number of hydrogen-bond acceptors (Lipinski definition) is 2. The lowest BCUT2D eigenvalue weighted by Gasteiger charge is -2.23. The number of aliphatic carboxylic acids is 1. The van der Waals surface area contributed by atoms with Gasteiger partial charge >= 0.3 is 5.97 Å². The second-order valence-electron chi connectivity index (χ2n) is 3.97. The molecule has 0 aliphatic heterocycles. The van der Waals surface area contributed by atoms with E-state index in [4.69, 9.17) is 9.84 Å². The zero-order chi connectivity index (χ0) is 12.0. The van der Waals surface area contributed by atoms with Crippen molar-refractivity contribution in [3.05, 3.63) is 35.9 Å². The van der Waals surface area contributed by atoms with Crippen molar-refractivity contribution < 1.29 is 14.6 Å². The van der Waals surface area contributed by atoms with Gasteiger partial charge < -0.3 is 9.84 Å². The molecular weight excluding hydrogens is 204 g/mol. The molecule has 88 valence electrons. The number of benzene rings is 1. The monoisotopic (exact) mass is 222 g/mol. The lowest BCUT2D eigenvalue weighted by molar-refractivity contribution is -0.163. The van der Waals surface area contributed by atoms with Crippen LogP contribution in [0.2, 0.25) is 0 Å². The fourth-order valence-corrected chi connectivity index (χ4v) is 1.35. The van der Waals surface area contributed by atoms with Crippen LogP contribution >= 0.6 is 0 Å². The Morgan fingerprint density at radius 1 is 1.38 bits per heavy atom. The molecule has 1 rings (SSSR count). The third-order valence-electron chi connectivity index (χ3n) is 2.78. The first-order chi connectivity index (χ1) is 7.58. The van der Waals surface area contributed by atoms with Gasteiger partial charge in [-0.25, -0.2) is 4.79 Å². The normalized spacial score (nSPS) is 14.4. The molecule has 0 amide bonds. The van der Waals surface area contributed by atoms with E-state index in [0.29, 0.717) is 13.0 Å². The highest BCUT2D eigenvalue weighted by atomic mass is 16.5. The summed E-state index contributed by atoms with van der Waals surface area (Å²) < 4.78 is 5.44. The van der Waals surface area contributed by atoms with Gasteiger partial charge in [-0.1, -0.05) is 37.3 Å². The standard InChI is InChI=1S/C13H18O3/c1-3-13(2,12(14)15)16-10-9-11-7-5-4-6-8-11/h4-8H,3,9-10H2,1-2H3,(H,14,15). The van der Waals surface area contributed by atoms with Crippen molar-refractivity contribution in [2.24, 2.45) is 0 Å². The summed E-state index contributed by atoms with van der Waals surface area (Å²) in [6.07, 6.45) is 1.21. The van der Waals surface area contributed by atoms with E-state index < -0.39 is 11.6 Å². The van der Waals surface area contributed by atoms with E-state index in [9.17, 15) is 4.79 Å². The van der Waals surface area contributed by atoms with Gasteiger partial charge in [-0.2, -0.15) is 0 Å². The highest BCUT2D eigenvalue weighted by molar-refractivity contribution is 5.76. The summed E-state index contributed by atoms with van der Waals surface area (Å²) in [5.74, 6) is -0.900. The van der Waals surface area contributed by atoms with Crippen molar-refractivity contribution in [3.8, 4) is 0 Å². The second kappa shape index (κ2) is 5.66. The minimum Gasteiger partial charge on any atom is -0.479 e. The van der Waals surface area contributed by atoms with Gasteiger partial charge in [-0.3, -0.25) is 0 Å². The quantitative estimate of drug-likeness (QED) is 0.804. The third kappa shape index (κ3) is 3.35. The molecule has 1 aromatic rings. The van der Waals surface area contributed by atoms with Crippen LogP contribution in [0.5, 0.6) is 0 Å². The maximum atomic E-state index is 11.0. The van der Waals surface area contributed by atoms with E-state index >= 15 is 0 Å². The van der Waals surface area contributed by atoms with E-state index in [1.54, 1.807) is 6.92 Å². The Labute approximate surface area is 96.1 Å². The first kappa shape index (κ1) is 12.7. The SMILES string of the molecule is CCC(C)(OCCc1ccccc1)C(=O)O. The smallest absolute Gasteiger partial charge is 0.335 e. The summed E-state index contributed by atoms with van der Waals surface area (Å²) >= 11 is 0. The van der Waals surface area contributed by atoms with Crippen molar-refractivity contribution in [2.45, 2.75) is 32.3 Å². The van der Waals surface area contributed by atoms with Crippen molar-refractivity contribution >= 4 is 5.97 Å². The summed E-state index contributed by atoms with van der Waals surface area (Å²) in [5.41, 5.74) is 0.0979. The van der Waals surface area contributed by atoms with Gasteiger partial charge in [0.15, 0.2) is 5.60 Å². The first-order valence-corrected chi connectivity index (χ1v) is 5.50. The lowest BCUT2D eigenvalue weighted by Crippen LogP contribution is -2.38. The maximum Gasteiger partial charge on any atom is 0.335 e. The Kier molecular flexibility index (Phi) is 4.50. The zero-order valence-corrected chi connectivity index (χ0v) is 9.77. The van der Waals surface area contributed by atoms with E-state index in [1.165, 1.54) is 0 Å². The number of ether oxygens (including phenoxy) is 1. The van der Waals surface area contributed by atoms with E-state index in [-0.39, 0.29) is 0 Å². The molecule has 0 aliphatic rings. The Balaban J connectivity index is 2.43. The van der Waals surface area contributed by atoms with Gasteiger partial charge in [-0.15, -0.1) is 0 Å². The molecule has 16 heavy (non-hydrogen) atoms. The predicted octanol–water partition coefficient (Wildman–Crippen LogP) is 2.50. The van der Waals surface area contributed by atoms with Crippen LogP contribution in [0.1, 0.15) is 25.8 Å². The maximum absolute atomic E-state index is 11.0. The van der Waals surface area contributed by atoms with Crippen LogP contribution in [-0.4, -0.2) is 23.3 Å². The second-order valence-corrected chi connectivity index (χ2v) is 3.97. The Bertz CT molecular complexity index is 334. The summed E-state index contributed by atoms with van der Waals surface area (Å²) in [5, 5.41) is 9.00. The fourth-order valence-electron chi connectivity index (χ4n) is 1.35. The molecular formula is C13H18O3. The average Bonchev–Trinajstić information content (AvgIpc) is 2.30. The van der Waals surface area contributed by atoms with Crippen LogP contribution in [0.4, 0.5) is 0 Å². The molecule has 0 radical (unpaired) electrons. The molecule has 0 spiro atoms. The summed E-state index contributed by atoms with van der Waals surface area (Å²) in [6.45, 7) is 3.86. The van der Waals surface area contributed by atoms with Gasteiger partial charge in [0, 0.05) is 0 Å². The Hall–Kier alpha value is -1.35. The molecule has 0 aliphatic carbocycles. The molecule has 0 fully saturated rings. The van der Waals surface area contributed by atoms with Crippen LogP contribution in [0.25, 0.3) is 0 Å². The molecule has 0 saturated carbocycles. The molecule has 0 heterocycles. The third-order valence-corrected chi connectivity index (χ3v) is 2.78. The fraction of sp³-hybridized carbons (Fsp3) is 0.462. The molecule has 0 aromatic heterocycles. The van der Waals surface area contributed by atoms with Crippen LogP contribution in [0.3, 0.4) is 0 Å². The molecule has 3 nitrogen and oxygen atoms in total. The van der Waals surface area contributed by atoms with Crippen molar-refractivity contribution in [2.75, 3.05) is 6.61 Å². The molecule has 0 saturated heterocycles. The van der Waals surface area contributed by atoms with E-state index in [0.717, 1.165) is 12.0 Å². The summed E-state index contributed by atoms with van der Waals surface area (Å²) in [6, 6.07) is 9.90. The molecule has 1 N–H and O–H groups in total. The van der Waals surface area contributed by atoms with Gasteiger partial charge in [0.2, 0.25) is 0 Å². The molecule has 1 aromatic carbocycles. The Morgan fingerprint density at radius 3 is 2.50 bits per heavy atom. The molecule has 0 bridgehead atoms. The van der Waals surface area contributed by atoms with Crippen molar-refractivity contribution in [1.82, 2.24) is 0 Å². The largest absolute Gasteiger partial charge is 0.479 e. The number of carboxylic acids is 1. The summed E-state index contributed by atoms with van der Waals surface area (Å²) in [4.78, 5) is 11.0. The minimum absolute atomic E-state index is 0.431. The van der Waals surface area contributed by atoms with Gasteiger partial charge in [0.25, 0.3) is 0 Å². The molecule has 1 atom stereocenters. The highest BCUT2D eigenvalue weighted by Gasteiger charge is 2.31. The molecule has 3 heteroatoms. The van der Waals surface area contributed by atoms with Gasteiger partial charge in [-0.05, 0) is 25.3 Å². The van der Waals surface area contributed by atoms with Crippen LogP contribution in [-0.2, 0) is 16.0 Å². The van der Waals surface area contributed by atoms with Crippen LogP contribution in [0, 0.1) is 0 Å². The zero-order valence-electron chi connectivity index (χ0n) is 9.77. The van der Waals surface area contributed by atoms with Crippen LogP contribution < -0.4 is 0 Å². The predicted molar refractivity (Wildman–Crippen MR) is 62.4 cm³/mol. The number of carboxylic acid groups (broad SMARTS) is 1. The average molecular weight is 222 g/mol. The van der Waals surface area contributed by atoms with Gasteiger partial charge in [0.1, 0.15) is 0 Å². The minimum atomic E-state index is -1.06. The van der Waals surface area contributed by atoms with E-state index in [2.05, 4.69) is 0 Å². The van der Waals surface area contributed by atoms with Crippen molar-refractivity contribution in [1.29, 1.82) is 0 Å². The summed E-state index contributed by atoms with van der Waals surface area (Å²) in [7, 11) is 0.